The topological polar surface area (TPSA) is 52.7 Å². The minimum atomic E-state index is 0.0619. The number of likely N-dealkylation sites (tertiary alicyclic amines) is 2. The predicted octanol–water partition coefficient (Wildman–Crippen LogP) is 4.75. The number of carbonyl (C=O) groups is 2. The van der Waals surface area contributed by atoms with Gasteiger partial charge >= 0.3 is 0 Å². The van der Waals surface area contributed by atoms with Crippen molar-refractivity contribution in [2.45, 2.75) is 52.0 Å². The SMILES string of the molecule is Cc1cccc(C)c1C(=O)N1CC2CN(CC[C@@H](NC(=O)C3CCCC3)c3ccccc3)CC2C1. The maximum absolute atomic E-state index is 13.3. The summed E-state index contributed by atoms with van der Waals surface area (Å²) in [5.74, 6) is 1.71. The fourth-order valence-corrected chi connectivity index (χ4v) is 6.55. The first-order chi connectivity index (χ1) is 17.0. The van der Waals surface area contributed by atoms with E-state index >= 15 is 0 Å². The van der Waals surface area contributed by atoms with Crippen molar-refractivity contribution in [2.24, 2.45) is 17.8 Å². The smallest absolute Gasteiger partial charge is 0.254 e. The molecule has 0 bridgehead atoms. The Morgan fingerprint density at radius 1 is 0.886 bits per heavy atom. The number of amides is 2. The van der Waals surface area contributed by atoms with Gasteiger partial charge in [-0.2, -0.15) is 0 Å². The average Bonchev–Trinajstić information content (AvgIpc) is 3.59. The van der Waals surface area contributed by atoms with E-state index in [1.807, 2.05) is 38.1 Å². The van der Waals surface area contributed by atoms with Gasteiger partial charge in [-0.3, -0.25) is 9.59 Å². The normalized spacial score (nSPS) is 23.4. The van der Waals surface area contributed by atoms with Gasteiger partial charge in [0.1, 0.15) is 0 Å². The Balaban J connectivity index is 1.17. The molecule has 35 heavy (non-hydrogen) atoms. The fourth-order valence-electron chi connectivity index (χ4n) is 6.55. The van der Waals surface area contributed by atoms with Crippen LogP contribution in [0.5, 0.6) is 0 Å². The van der Waals surface area contributed by atoms with Crippen molar-refractivity contribution in [1.29, 1.82) is 0 Å². The number of hydrogen-bond acceptors (Lipinski definition) is 3. The Morgan fingerprint density at radius 3 is 2.14 bits per heavy atom. The number of nitrogens with one attached hydrogen (secondary N) is 1. The first-order valence-corrected chi connectivity index (χ1v) is 13.4. The second-order valence-corrected chi connectivity index (χ2v) is 11.0. The molecule has 5 rings (SSSR count). The molecule has 2 amide bonds. The van der Waals surface area contributed by atoms with E-state index in [9.17, 15) is 9.59 Å². The fraction of sp³-hybridized carbons (Fsp3) is 0.533. The molecule has 5 nitrogen and oxygen atoms in total. The Labute approximate surface area is 209 Å². The minimum Gasteiger partial charge on any atom is -0.349 e. The van der Waals surface area contributed by atoms with Crippen LogP contribution in [0.15, 0.2) is 48.5 Å². The van der Waals surface area contributed by atoms with Crippen LogP contribution in [0.3, 0.4) is 0 Å². The molecule has 3 fully saturated rings. The van der Waals surface area contributed by atoms with Crippen molar-refractivity contribution in [3.8, 4) is 0 Å². The molecular weight excluding hydrogens is 434 g/mol. The third-order valence-electron chi connectivity index (χ3n) is 8.52. The zero-order chi connectivity index (χ0) is 24.4. The van der Waals surface area contributed by atoms with E-state index < -0.39 is 0 Å². The number of rotatable bonds is 7. The highest BCUT2D eigenvalue weighted by Gasteiger charge is 2.42. The van der Waals surface area contributed by atoms with Gasteiger partial charge in [-0.05, 0) is 61.6 Å². The first-order valence-electron chi connectivity index (χ1n) is 13.4. The summed E-state index contributed by atoms with van der Waals surface area (Å²) in [7, 11) is 0. The number of nitrogens with zero attached hydrogens (tertiary/aromatic N) is 2. The Hall–Kier alpha value is -2.66. The maximum Gasteiger partial charge on any atom is 0.254 e. The molecule has 1 aliphatic carbocycles. The van der Waals surface area contributed by atoms with Crippen LogP contribution >= 0.6 is 0 Å². The van der Waals surface area contributed by atoms with Crippen LogP contribution in [0.2, 0.25) is 0 Å². The summed E-state index contributed by atoms with van der Waals surface area (Å²) in [5.41, 5.74) is 4.22. The van der Waals surface area contributed by atoms with Crippen LogP contribution in [-0.2, 0) is 4.79 Å². The van der Waals surface area contributed by atoms with E-state index in [0.29, 0.717) is 11.8 Å². The zero-order valence-corrected chi connectivity index (χ0v) is 21.2. The molecule has 2 aromatic carbocycles. The van der Waals surface area contributed by atoms with Crippen LogP contribution in [0.4, 0.5) is 0 Å². The first kappa shape index (κ1) is 24.1. The van der Waals surface area contributed by atoms with E-state index in [1.54, 1.807) is 0 Å². The third-order valence-corrected chi connectivity index (χ3v) is 8.52. The van der Waals surface area contributed by atoms with Gasteiger partial charge in [-0.1, -0.05) is 61.4 Å². The summed E-state index contributed by atoms with van der Waals surface area (Å²) < 4.78 is 0. The number of fused-ring (bicyclic) bond motifs is 1. The van der Waals surface area contributed by atoms with Gasteiger partial charge in [0.15, 0.2) is 0 Å². The van der Waals surface area contributed by atoms with Crippen molar-refractivity contribution >= 4 is 11.8 Å². The summed E-state index contributed by atoms with van der Waals surface area (Å²) in [6.45, 7) is 8.84. The highest BCUT2D eigenvalue weighted by Crippen LogP contribution is 2.33. The van der Waals surface area contributed by atoms with Crippen LogP contribution in [0, 0.1) is 31.6 Å². The van der Waals surface area contributed by atoms with E-state index in [2.05, 4.69) is 39.4 Å². The summed E-state index contributed by atoms with van der Waals surface area (Å²) in [4.78, 5) is 30.8. The van der Waals surface area contributed by atoms with E-state index in [0.717, 1.165) is 68.7 Å². The van der Waals surface area contributed by atoms with Gasteiger partial charge in [-0.15, -0.1) is 0 Å². The van der Waals surface area contributed by atoms with Crippen LogP contribution in [0.25, 0.3) is 0 Å². The Bertz CT molecular complexity index is 1010. The van der Waals surface area contributed by atoms with E-state index in [-0.39, 0.29) is 23.8 Å². The molecule has 2 unspecified atom stereocenters. The molecule has 3 aliphatic rings. The quantitative estimate of drug-likeness (QED) is 0.632. The predicted molar refractivity (Wildman–Crippen MR) is 139 cm³/mol. The highest BCUT2D eigenvalue weighted by atomic mass is 16.2. The molecule has 1 N–H and O–H groups in total. The second-order valence-electron chi connectivity index (χ2n) is 11.0. The zero-order valence-electron chi connectivity index (χ0n) is 21.2. The summed E-state index contributed by atoms with van der Waals surface area (Å²) >= 11 is 0. The molecule has 2 heterocycles. The molecule has 2 aromatic rings. The van der Waals surface area contributed by atoms with Gasteiger partial charge in [0, 0.05) is 44.2 Å². The minimum absolute atomic E-state index is 0.0619. The molecule has 0 spiro atoms. The van der Waals surface area contributed by atoms with Crippen LogP contribution < -0.4 is 5.32 Å². The molecule has 5 heteroatoms. The van der Waals surface area contributed by atoms with Crippen LogP contribution in [0.1, 0.15) is 65.2 Å². The molecule has 0 radical (unpaired) electrons. The van der Waals surface area contributed by atoms with Crippen molar-refractivity contribution in [2.75, 3.05) is 32.7 Å². The molecular formula is C30H39N3O2. The lowest BCUT2D eigenvalue weighted by molar-refractivity contribution is -0.125. The Morgan fingerprint density at radius 2 is 1.51 bits per heavy atom. The summed E-state index contributed by atoms with van der Waals surface area (Å²) in [5, 5.41) is 3.38. The monoisotopic (exact) mass is 473 g/mol. The average molecular weight is 474 g/mol. The number of hydrogen-bond donors (Lipinski definition) is 1. The molecule has 2 saturated heterocycles. The van der Waals surface area contributed by atoms with Crippen LogP contribution in [-0.4, -0.2) is 54.3 Å². The Kier molecular flexibility index (Phi) is 7.24. The third kappa shape index (κ3) is 5.30. The van der Waals surface area contributed by atoms with Gasteiger partial charge in [-0.25, -0.2) is 0 Å². The van der Waals surface area contributed by atoms with Crippen molar-refractivity contribution < 1.29 is 9.59 Å². The number of aryl methyl sites for hydroxylation is 2. The molecule has 2 aliphatic heterocycles. The number of benzene rings is 2. The molecule has 186 valence electrons. The van der Waals surface area contributed by atoms with E-state index in [1.165, 1.54) is 18.4 Å². The van der Waals surface area contributed by atoms with Gasteiger partial charge in [0.25, 0.3) is 5.91 Å². The standard InChI is InChI=1S/C30H39N3O2/c1-21-9-8-10-22(2)28(21)30(35)33-19-25-17-32(18-26(25)20-33)16-15-27(23-11-4-3-5-12-23)31-29(34)24-13-6-7-14-24/h3-5,8-12,24-27H,6-7,13-20H2,1-2H3,(H,31,34)/t25?,26?,27-/m1/s1. The molecule has 3 atom stereocenters. The highest BCUT2D eigenvalue weighted by molar-refractivity contribution is 5.97. The summed E-state index contributed by atoms with van der Waals surface area (Å²) in [6.07, 6.45) is 5.33. The van der Waals surface area contributed by atoms with Crippen molar-refractivity contribution in [1.82, 2.24) is 15.1 Å². The molecule has 1 saturated carbocycles. The molecule has 0 aromatic heterocycles. The van der Waals surface area contributed by atoms with Crippen molar-refractivity contribution in [3.63, 3.8) is 0 Å². The van der Waals surface area contributed by atoms with Gasteiger partial charge in [0.2, 0.25) is 5.91 Å². The largest absolute Gasteiger partial charge is 0.349 e. The van der Waals surface area contributed by atoms with Crippen molar-refractivity contribution in [3.05, 3.63) is 70.8 Å². The lowest BCUT2D eigenvalue weighted by Gasteiger charge is -2.26. The summed E-state index contributed by atoms with van der Waals surface area (Å²) in [6, 6.07) is 16.6. The maximum atomic E-state index is 13.3. The lowest BCUT2D eigenvalue weighted by Crippen LogP contribution is -2.37. The van der Waals surface area contributed by atoms with Gasteiger partial charge < -0.3 is 15.1 Å². The van der Waals surface area contributed by atoms with E-state index in [4.69, 9.17) is 0 Å². The second kappa shape index (κ2) is 10.5. The number of carbonyl (C=O) groups excluding carboxylic acids is 2. The van der Waals surface area contributed by atoms with Gasteiger partial charge in [0.05, 0.1) is 6.04 Å². The lowest BCUT2D eigenvalue weighted by atomic mass is 10.0.